The highest BCUT2D eigenvalue weighted by atomic mass is 35.5. The summed E-state index contributed by atoms with van der Waals surface area (Å²) in [4.78, 5) is 12.2. The van der Waals surface area contributed by atoms with E-state index in [4.69, 9.17) is 11.6 Å². The second kappa shape index (κ2) is 5.73. The van der Waals surface area contributed by atoms with Crippen LogP contribution >= 0.6 is 11.6 Å². The first-order chi connectivity index (χ1) is 9.79. The van der Waals surface area contributed by atoms with Crippen molar-refractivity contribution in [2.24, 2.45) is 0 Å². The number of ketones is 1. The molecule has 0 fully saturated rings. The van der Waals surface area contributed by atoms with Gasteiger partial charge >= 0.3 is 6.36 Å². The molecule has 0 spiro atoms. The monoisotopic (exact) mass is 318 g/mol. The van der Waals surface area contributed by atoms with Crippen LogP contribution in [-0.2, 0) is 0 Å². The van der Waals surface area contributed by atoms with E-state index in [-0.39, 0.29) is 5.02 Å². The molecule has 21 heavy (non-hydrogen) atoms. The maximum Gasteiger partial charge on any atom is 0.573 e. The Morgan fingerprint density at radius 3 is 2.29 bits per heavy atom. The van der Waals surface area contributed by atoms with Crippen LogP contribution in [-0.4, -0.2) is 12.1 Å². The van der Waals surface area contributed by atoms with Crippen molar-refractivity contribution >= 4 is 17.4 Å². The predicted molar refractivity (Wildman–Crippen MR) is 68.0 cm³/mol. The Hall–Kier alpha value is -2.08. The first-order valence-electron chi connectivity index (χ1n) is 5.63. The van der Waals surface area contributed by atoms with Gasteiger partial charge in [0.05, 0.1) is 16.1 Å². The first-order valence-corrected chi connectivity index (χ1v) is 6.01. The zero-order valence-corrected chi connectivity index (χ0v) is 11.0. The van der Waals surface area contributed by atoms with Crippen molar-refractivity contribution in [3.8, 4) is 5.75 Å². The fraction of sp³-hybridized carbons (Fsp3) is 0.0714. The summed E-state index contributed by atoms with van der Waals surface area (Å²) in [5.41, 5.74) is -0.836. The van der Waals surface area contributed by atoms with E-state index in [1.807, 2.05) is 0 Å². The van der Waals surface area contributed by atoms with Gasteiger partial charge in [0.2, 0.25) is 0 Å². The smallest absolute Gasteiger partial charge is 0.405 e. The molecule has 0 heterocycles. The Morgan fingerprint density at radius 2 is 1.62 bits per heavy atom. The van der Waals surface area contributed by atoms with Gasteiger partial charge in [-0.25, -0.2) is 4.39 Å². The standard InChI is InChI=1S/C14H7ClF4O2/c15-10-6-3-5-9(12(10)16)13(20)8-4-1-2-7-11(8)21-14(17,18)19/h1-7H. The van der Waals surface area contributed by atoms with E-state index < -0.39 is 34.8 Å². The molecule has 0 aliphatic heterocycles. The second-order valence-electron chi connectivity index (χ2n) is 3.97. The second-order valence-corrected chi connectivity index (χ2v) is 4.38. The molecule has 0 aliphatic rings. The van der Waals surface area contributed by atoms with E-state index in [9.17, 15) is 22.4 Å². The quantitative estimate of drug-likeness (QED) is 0.610. The zero-order chi connectivity index (χ0) is 15.6. The normalized spacial score (nSPS) is 11.3. The minimum atomic E-state index is -4.96. The maximum absolute atomic E-state index is 13.8. The van der Waals surface area contributed by atoms with E-state index in [0.717, 1.165) is 18.2 Å². The van der Waals surface area contributed by atoms with E-state index in [1.165, 1.54) is 24.3 Å². The fourth-order valence-corrected chi connectivity index (χ4v) is 1.87. The van der Waals surface area contributed by atoms with Crippen LogP contribution in [0.4, 0.5) is 17.6 Å². The molecule has 0 atom stereocenters. The molecule has 0 amide bonds. The highest BCUT2D eigenvalue weighted by Gasteiger charge is 2.33. The van der Waals surface area contributed by atoms with Gasteiger partial charge in [-0.05, 0) is 24.3 Å². The Kier molecular flexibility index (Phi) is 4.18. The molecule has 2 aromatic carbocycles. The summed E-state index contributed by atoms with van der Waals surface area (Å²) in [5.74, 6) is -2.64. The number of carbonyl (C=O) groups excluding carboxylic acids is 1. The van der Waals surface area contributed by atoms with E-state index in [0.29, 0.717) is 0 Å². The topological polar surface area (TPSA) is 26.3 Å². The molecule has 0 aliphatic carbocycles. The molecule has 0 saturated carbocycles. The molecule has 2 rings (SSSR count). The lowest BCUT2D eigenvalue weighted by Crippen LogP contribution is -2.19. The van der Waals surface area contributed by atoms with Gasteiger partial charge in [0.25, 0.3) is 0 Å². The van der Waals surface area contributed by atoms with Gasteiger partial charge in [-0.3, -0.25) is 4.79 Å². The Bertz CT molecular complexity index is 683. The summed E-state index contributed by atoms with van der Waals surface area (Å²) in [5, 5.41) is -0.296. The highest BCUT2D eigenvalue weighted by molar-refractivity contribution is 6.31. The average Bonchev–Trinajstić information content (AvgIpc) is 2.40. The lowest BCUT2D eigenvalue weighted by atomic mass is 10.0. The molecule has 2 aromatic rings. The minimum Gasteiger partial charge on any atom is -0.405 e. The van der Waals surface area contributed by atoms with Gasteiger partial charge in [-0.1, -0.05) is 29.8 Å². The average molecular weight is 319 g/mol. The molecule has 2 nitrogen and oxygen atoms in total. The molecule has 0 radical (unpaired) electrons. The summed E-state index contributed by atoms with van der Waals surface area (Å²) in [6, 6.07) is 8.39. The van der Waals surface area contributed by atoms with Crippen molar-refractivity contribution in [2.75, 3.05) is 0 Å². The van der Waals surface area contributed by atoms with Crippen molar-refractivity contribution in [3.05, 3.63) is 64.4 Å². The number of benzene rings is 2. The highest BCUT2D eigenvalue weighted by Crippen LogP contribution is 2.29. The number of carbonyl (C=O) groups is 1. The lowest BCUT2D eigenvalue weighted by Gasteiger charge is -2.12. The summed E-state index contributed by atoms with van der Waals surface area (Å²) < 4.78 is 54.5. The largest absolute Gasteiger partial charge is 0.573 e. The molecular weight excluding hydrogens is 312 g/mol. The number of alkyl halides is 3. The van der Waals surface area contributed by atoms with Crippen LogP contribution in [0, 0.1) is 5.82 Å². The molecule has 0 N–H and O–H groups in total. The number of rotatable bonds is 3. The van der Waals surface area contributed by atoms with E-state index in [2.05, 4.69) is 4.74 Å². The molecular formula is C14H7ClF4O2. The SMILES string of the molecule is O=C(c1ccccc1OC(F)(F)F)c1cccc(Cl)c1F. The van der Waals surface area contributed by atoms with Crippen LogP contribution in [0.1, 0.15) is 15.9 Å². The number of para-hydroxylation sites is 1. The predicted octanol–water partition coefficient (Wildman–Crippen LogP) is 4.61. The van der Waals surface area contributed by atoms with Crippen LogP contribution in [0.5, 0.6) is 5.75 Å². The third-order valence-corrected chi connectivity index (χ3v) is 2.85. The van der Waals surface area contributed by atoms with Crippen LogP contribution in [0.15, 0.2) is 42.5 Å². The van der Waals surface area contributed by atoms with Gasteiger partial charge in [-0.2, -0.15) is 0 Å². The van der Waals surface area contributed by atoms with Gasteiger partial charge in [0, 0.05) is 0 Å². The van der Waals surface area contributed by atoms with Crippen molar-refractivity contribution < 1.29 is 27.1 Å². The Morgan fingerprint density at radius 1 is 1.00 bits per heavy atom. The number of ether oxygens (including phenoxy) is 1. The molecule has 0 unspecified atom stereocenters. The van der Waals surface area contributed by atoms with Gasteiger partial charge in [0.15, 0.2) is 11.6 Å². The van der Waals surface area contributed by atoms with E-state index >= 15 is 0 Å². The first kappa shape index (κ1) is 15.3. The van der Waals surface area contributed by atoms with Crippen molar-refractivity contribution in [3.63, 3.8) is 0 Å². The number of hydrogen-bond acceptors (Lipinski definition) is 2. The molecule has 0 bridgehead atoms. The Labute approximate surface area is 121 Å². The minimum absolute atomic E-state index is 0.296. The third kappa shape index (κ3) is 3.52. The lowest BCUT2D eigenvalue weighted by molar-refractivity contribution is -0.274. The van der Waals surface area contributed by atoms with Gasteiger partial charge < -0.3 is 4.74 Å². The third-order valence-electron chi connectivity index (χ3n) is 2.55. The zero-order valence-electron chi connectivity index (χ0n) is 10.2. The molecule has 110 valence electrons. The number of halogens is 5. The van der Waals surface area contributed by atoms with Crippen molar-refractivity contribution in [1.82, 2.24) is 0 Å². The Balaban J connectivity index is 2.47. The summed E-state index contributed by atoms with van der Waals surface area (Å²) in [6.45, 7) is 0. The van der Waals surface area contributed by atoms with Crippen LogP contribution in [0.3, 0.4) is 0 Å². The van der Waals surface area contributed by atoms with Gasteiger partial charge in [-0.15, -0.1) is 13.2 Å². The maximum atomic E-state index is 13.8. The van der Waals surface area contributed by atoms with Crippen LogP contribution < -0.4 is 4.74 Å². The molecule has 0 saturated heterocycles. The summed E-state index contributed by atoms with van der Waals surface area (Å²) in [6.07, 6.45) is -4.96. The van der Waals surface area contributed by atoms with E-state index in [1.54, 1.807) is 0 Å². The van der Waals surface area contributed by atoms with Crippen molar-refractivity contribution in [1.29, 1.82) is 0 Å². The van der Waals surface area contributed by atoms with Gasteiger partial charge in [0.1, 0.15) is 5.75 Å². The number of hydrogen-bond donors (Lipinski definition) is 0. The molecule has 0 aromatic heterocycles. The van der Waals surface area contributed by atoms with Crippen molar-refractivity contribution in [2.45, 2.75) is 6.36 Å². The van der Waals surface area contributed by atoms with Crippen LogP contribution in [0.2, 0.25) is 5.02 Å². The summed E-state index contributed by atoms with van der Waals surface area (Å²) in [7, 11) is 0. The van der Waals surface area contributed by atoms with Crippen LogP contribution in [0.25, 0.3) is 0 Å². The molecule has 7 heteroatoms. The summed E-state index contributed by atoms with van der Waals surface area (Å²) >= 11 is 5.55. The fourth-order valence-electron chi connectivity index (χ4n) is 1.69.